The van der Waals surface area contributed by atoms with Crippen molar-refractivity contribution in [2.24, 2.45) is 0 Å². The molecule has 0 bridgehead atoms. The van der Waals surface area contributed by atoms with Gasteiger partial charge in [0.2, 0.25) is 0 Å². The Hall–Kier alpha value is -1.000. The molecule has 1 aliphatic heterocycles. The minimum atomic E-state index is 0. The van der Waals surface area contributed by atoms with E-state index in [-0.39, 0.29) is 24.8 Å². The van der Waals surface area contributed by atoms with E-state index in [1.807, 2.05) is 36.4 Å². The Morgan fingerprint density at radius 2 is 2.00 bits per heavy atom. The standard InChI is InChI=1S/C17H19ClN2O.2ClH/c1-20-9-5-8-14(20)12-21-15-10-16(17(18)19-11-15)13-6-3-2-4-7-13;;/h2-4,6-7,10-11,14H,5,8-9,12H2,1H3;2*1H/t14-;;/m0../s1. The van der Waals surface area contributed by atoms with E-state index < -0.39 is 0 Å². The van der Waals surface area contributed by atoms with Crippen molar-refractivity contribution in [3.8, 4) is 16.9 Å². The lowest BCUT2D eigenvalue weighted by Crippen LogP contribution is -2.30. The summed E-state index contributed by atoms with van der Waals surface area (Å²) < 4.78 is 5.91. The summed E-state index contributed by atoms with van der Waals surface area (Å²) in [6.45, 7) is 1.86. The summed E-state index contributed by atoms with van der Waals surface area (Å²) in [7, 11) is 2.15. The molecule has 2 heterocycles. The lowest BCUT2D eigenvalue weighted by atomic mass is 10.1. The van der Waals surface area contributed by atoms with E-state index in [0.717, 1.165) is 23.4 Å². The first-order chi connectivity index (χ1) is 10.2. The molecule has 23 heavy (non-hydrogen) atoms. The van der Waals surface area contributed by atoms with Crippen molar-refractivity contribution in [1.29, 1.82) is 0 Å². The number of aromatic nitrogens is 1. The zero-order valence-corrected chi connectivity index (χ0v) is 15.3. The monoisotopic (exact) mass is 374 g/mol. The maximum absolute atomic E-state index is 6.21. The highest BCUT2D eigenvalue weighted by atomic mass is 35.5. The van der Waals surface area contributed by atoms with Crippen molar-refractivity contribution in [2.45, 2.75) is 18.9 Å². The molecule has 6 heteroatoms. The van der Waals surface area contributed by atoms with Gasteiger partial charge >= 0.3 is 0 Å². The summed E-state index contributed by atoms with van der Waals surface area (Å²) in [5, 5.41) is 0.506. The summed E-state index contributed by atoms with van der Waals surface area (Å²) in [5.74, 6) is 0.776. The molecule has 1 aromatic carbocycles. The van der Waals surface area contributed by atoms with Gasteiger partial charge in [-0.15, -0.1) is 24.8 Å². The van der Waals surface area contributed by atoms with Gasteiger partial charge in [0.15, 0.2) is 0 Å². The van der Waals surface area contributed by atoms with Crippen LogP contribution in [0.15, 0.2) is 42.6 Å². The summed E-state index contributed by atoms with van der Waals surface area (Å²) >= 11 is 6.21. The molecular weight excluding hydrogens is 355 g/mol. The van der Waals surface area contributed by atoms with Crippen LogP contribution >= 0.6 is 36.4 Å². The van der Waals surface area contributed by atoms with Gasteiger partial charge in [0.25, 0.3) is 0 Å². The number of rotatable bonds is 4. The van der Waals surface area contributed by atoms with Crippen LogP contribution in [0.2, 0.25) is 5.15 Å². The second-order valence-corrected chi connectivity index (χ2v) is 5.82. The van der Waals surface area contributed by atoms with Gasteiger partial charge in [-0.2, -0.15) is 0 Å². The predicted molar refractivity (Wildman–Crippen MR) is 100 cm³/mol. The summed E-state index contributed by atoms with van der Waals surface area (Å²) in [4.78, 5) is 6.60. The molecule has 1 aliphatic rings. The minimum Gasteiger partial charge on any atom is -0.490 e. The Morgan fingerprint density at radius 3 is 2.65 bits per heavy atom. The maximum atomic E-state index is 6.21. The van der Waals surface area contributed by atoms with Crippen molar-refractivity contribution in [3.63, 3.8) is 0 Å². The fourth-order valence-corrected chi connectivity index (χ4v) is 2.92. The highest BCUT2D eigenvalue weighted by Crippen LogP contribution is 2.29. The highest BCUT2D eigenvalue weighted by molar-refractivity contribution is 6.32. The zero-order chi connectivity index (χ0) is 14.7. The van der Waals surface area contributed by atoms with Crippen molar-refractivity contribution in [2.75, 3.05) is 20.2 Å². The maximum Gasteiger partial charge on any atom is 0.138 e. The zero-order valence-electron chi connectivity index (χ0n) is 12.9. The molecule has 3 nitrogen and oxygen atoms in total. The summed E-state index contributed by atoms with van der Waals surface area (Å²) in [5.41, 5.74) is 1.97. The number of ether oxygens (including phenoxy) is 1. The van der Waals surface area contributed by atoms with E-state index in [1.54, 1.807) is 6.20 Å². The van der Waals surface area contributed by atoms with E-state index in [4.69, 9.17) is 16.3 Å². The lowest BCUT2D eigenvalue weighted by molar-refractivity contribution is 0.198. The van der Waals surface area contributed by atoms with Crippen LogP contribution in [0.1, 0.15) is 12.8 Å². The molecule has 126 valence electrons. The topological polar surface area (TPSA) is 25.4 Å². The van der Waals surface area contributed by atoms with Crippen LogP contribution in [0.4, 0.5) is 0 Å². The smallest absolute Gasteiger partial charge is 0.138 e. The molecule has 0 aliphatic carbocycles. The normalized spacial score (nSPS) is 17.2. The quantitative estimate of drug-likeness (QED) is 0.723. The van der Waals surface area contributed by atoms with Crippen LogP contribution in [0, 0.1) is 0 Å². The van der Waals surface area contributed by atoms with Gasteiger partial charge in [0.05, 0.1) is 6.20 Å². The van der Waals surface area contributed by atoms with Gasteiger partial charge in [-0.25, -0.2) is 4.98 Å². The van der Waals surface area contributed by atoms with E-state index in [2.05, 4.69) is 16.9 Å². The number of benzene rings is 1. The number of nitrogens with zero attached hydrogens (tertiary/aromatic N) is 2. The largest absolute Gasteiger partial charge is 0.490 e. The molecule has 1 atom stereocenters. The fraction of sp³-hybridized carbons (Fsp3) is 0.353. The second-order valence-electron chi connectivity index (χ2n) is 5.46. The van der Waals surface area contributed by atoms with E-state index in [9.17, 15) is 0 Å². The van der Waals surface area contributed by atoms with Gasteiger partial charge in [-0.05, 0) is 38.1 Å². The van der Waals surface area contributed by atoms with Crippen LogP contribution < -0.4 is 4.74 Å². The van der Waals surface area contributed by atoms with Crippen LogP contribution in [-0.2, 0) is 0 Å². The van der Waals surface area contributed by atoms with Crippen LogP contribution in [-0.4, -0.2) is 36.1 Å². The Morgan fingerprint density at radius 1 is 1.26 bits per heavy atom. The number of pyridine rings is 1. The average molecular weight is 376 g/mol. The third kappa shape index (κ3) is 4.98. The molecule has 2 aromatic rings. The predicted octanol–water partition coefficient (Wildman–Crippen LogP) is 4.72. The van der Waals surface area contributed by atoms with Gasteiger partial charge in [0.1, 0.15) is 17.5 Å². The van der Waals surface area contributed by atoms with Crippen LogP contribution in [0.5, 0.6) is 5.75 Å². The Balaban J connectivity index is 0.00000132. The first-order valence-electron chi connectivity index (χ1n) is 7.28. The minimum absolute atomic E-state index is 0. The number of likely N-dealkylation sites (N-methyl/N-ethyl adjacent to an activating group) is 1. The number of hydrogen-bond acceptors (Lipinski definition) is 3. The van der Waals surface area contributed by atoms with Crippen LogP contribution in [0.25, 0.3) is 11.1 Å². The molecule has 0 radical (unpaired) electrons. The number of hydrogen-bond donors (Lipinski definition) is 0. The van der Waals surface area contributed by atoms with Gasteiger partial charge in [-0.3, -0.25) is 0 Å². The van der Waals surface area contributed by atoms with Crippen LogP contribution in [0.3, 0.4) is 0 Å². The van der Waals surface area contributed by atoms with E-state index in [0.29, 0.717) is 17.8 Å². The lowest BCUT2D eigenvalue weighted by Gasteiger charge is -2.19. The molecule has 0 saturated carbocycles. The van der Waals surface area contributed by atoms with Gasteiger partial charge < -0.3 is 9.64 Å². The first-order valence-corrected chi connectivity index (χ1v) is 7.66. The molecular formula is C17H21Cl3N2O. The molecule has 0 amide bonds. The van der Waals surface area contributed by atoms with Gasteiger partial charge in [0, 0.05) is 11.6 Å². The SMILES string of the molecule is CN1CCC[C@H]1COc1cnc(Cl)c(-c2ccccc2)c1.Cl.Cl. The van der Waals surface area contributed by atoms with E-state index >= 15 is 0 Å². The molecule has 0 unspecified atom stereocenters. The third-order valence-corrected chi connectivity index (χ3v) is 4.31. The molecule has 1 saturated heterocycles. The second kappa shape index (κ2) is 9.33. The number of halogens is 3. The van der Waals surface area contributed by atoms with Crippen molar-refractivity contribution in [3.05, 3.63) is 47.7 Å². The van der Waals surface area contributed by atoms with Gasteiger partial charge in [-0.1, -0.05) is 41.9 Å². The summed E-state index contributed by atoms with van der Waals surface area (Å²) in [6.07, 6.45) is 4.14. The Kier molecular flexibility index (Phi) is 8.13. The van der Waals surface area contributed by atoms with Crippen molar-refractivity contribution in [1.82, 2.24) is 9.88 Å². The van der Waals surface area contributed by atoms with Crippen molar-refractivity contribution < 1.29 is 4.74 Å². The molecule has 1 fully saturated rings. The molecule has 0 N–H and O–H groups in total. The first kappa shape index (κ1) is 20.0. The Labute approximate surface area is 154 Å². The Bertz CT molecular complexity index is 610. The molecule has 1 aromatic heterocycles. The molecule has 0 spiro atoms. The highest BCUT2D eigenvalue weighted by Gasteiger charge is 2.21. The average Bonchev–Trinajstić information content (AvgIpc) is 2.93. The number of likely N-dealkylation sites (tertiary alicyclic amines) is 1. The fourth-order valence-electron chi connectivity index (χ4n) is 2.71. The third-order valence-electron chi connectivity index (χ3n) is 4.01. The molecule has 3 rings (SSSR count). The van der Waals surface area contributed by atoms with Crippen molar-refractivity contribution >= 4 is 36.4 Å². The summed E-state index contributed by atoms with van der Waals surface area (Å²) in [6, 6.07) is 12.5. The van der Waals surface area contributed by atoms with E-state index in [1.165, 1.54) is 12.8 Å².